The van der Waals surface area contributed by atoms with E-state index in [1.54, 1.807) is 23.1 Å². The van der Waals surface area contributed by atoms with Crippen LogP contribution in [0.1, 0.15) is 33.1 Å². The Hall–Kier alpha value is 0.220. The Morgan fingerprint density at radius 2 is 2.06 bits per heavy atom. The third-order valence-electron chi connectivity index (χ3n) is 3.20. The van der Waals surface area contributed by atoms with Crippen molar-refractivity contribution in [1.82, 2.24) is 10.2 Å². The van der Waals surface area contributed by atoms with Crippen LogP contribution in [0.15, 0.2) is 8.68 Å². The number of nitrogens with zero attached hydrogens (tertiary/aromatic N) is 2. The molecule has 1 aromatic heterocycles. The minimum atomic E-state index is 0.301. The highest BCUT2D eigenvalue weighted by Gasteiger charge is 2.34. The van der Waals surface area contributed by atoms with E-state index in [0.717, 1.165) is 15.1 Å². The normalized spacial score (nSPS) is 28.2. The molecule has 0 aliphatic heterocycles. The molecule has 1 heterocycles. The van der Waals surface area contributed by atoms with Crippen LogP contribution in [0.2, 0.25) is 0 Å². The highest BCUT2D eigenvalue weighted by molar-refractivity contribution is 8.03. The molecule has 2 N–H and O–H groups in total. The molecule has 2 unspecified atom stereocenters. The lowest BCUT2D eigenvalue weighted by Gasteiger charge is -2.38. The summed E-state index contributed by atoms with van der Waals surface area (Å²) in [6.07, 6.45) is 5.56. The van der Waals surface area contributed by atoms with E-state index in [1.807, 2.05) is 18.0 Å². The van der Waals surface area contributed by atoms with Gasteiger partial charge < -0.3 is 5.73 Å². The molecule has 6 heteroatoms. The Morgan fingerprint density at radius 3 is 2.71 bits per heavy atom. The standard InChI is InChI=1S/C11H19N3S3/c1-11(2)5-4-7(12)8(6-11)16-10-14-13-9(15-3)17-10/h7-8H,4-6,12H2,1-3H3. The predicted molar refractivity (Wildman–Crippen MR) is 76.9 cm³/mol. The minimum absolute atomic E-state index is 0.301. The van der Waals surface area contributed by atoms with Gasteiger partial charge in [-0.15, -0.1) is 10.2 Å². The summed E-state index contributed by atoms with van der Waals surface area (Å²) in [5.74, 6) is 0. The summed E-state index contributed by atoms with van der Waals surface area (Å²) in [7, 11) is 0. The average molecular weight is 289 g/mol. The van der Waals surface area contributed by atoms with Crippen molar-refractivity contribution >= 4 is 34.9 Å². The summed E-state index contributed by atoms with van der Waals surface area (Å²) in [5.41, 5.74) is 6.63. The third-order valence-corrected chi connectivity index (χ3v) is 6.53. The second-order valence-corrected chi connectivity index (χ2v) is 8.78. The van der Waals surface area contributed by atoms with Crippen molar-refractivity contribution in [3.8, 4) is 0 Å². The molecule has 1 aliphatic rings. The van der Waals surface area contributed by atoms with Crippen LogP contribution in [0, 0.1) is 5.41 Å². The van der Waals surface area contributed by atoms with Crippen molar-refractivity contribution in [3.63, 3.8) is 0 Å². The van der Waals surface area contributed by atoms with Crippen LogP contribution < -0.4 is 5.73 Å². The second-order valence-electron chi connectivity index (χ2n) is 5.27. The summed E-state index contributed by atoms with van der Waals surface area (Å²) in [6, 6.07) is 0.301. The fourth-order valence-electron chi connectivity index (χ4n) is 2.13. The van der Waals surface area contributed by atoms with E-state index in [2.05, 4.69) is 24.0 Å². The van der Waals surface area contributed by atoms with E-state index in [-0.39, 0.29) is 0 Å². The van der Waals surface area contributed by atoms with Gasteiger partial charge in [0, 0.05) is 11.3 Å². The topological polar surface area (TPSA) is 51.8 Å². The van der Waals surface area contributed by atoms with Crippen molar-refractivity contribution in [2.24, 2.45) is 11.1 Å². The quantitative estimate of drug-likeness (QED) is 0.866. The van der Waals surface area contributed by atoms with Gasteiger partial charge >= 0.3 is 0 Å². The van der Waals surface area contributed by atoms with Crippen molar-refractivity contribution in [1.29, 1.82) is 0 Å². The van der Waals surface area contributed by atoms with Gasteiger partial charge in [-0.05, 0) is 30.9 Å². The smallest absolute Gasteiger partial charge is 0.175 e. The lowest BCUT2D eigenvalue weighted by molar-refractivity contribution is 0.232. The molecule has 17 heavy (non-hydrogen) atoms. The summed E-state index contributed by atoms with van der Waals surface area (Å²) in [6.45, 7) is 4.67. The Balaban J connectivity index is 2.01. The van der Waals surface area contributed by atoms with Gasteiger partial charge in [0.15, 0.2) is 8.68 Å². The van der Waals surface area contributed by atoms with Gasteiger partial charge in [0.05, 0.1) is 0 Å². The Morgan fingerprint density at radius 1 is 1.35 bits per heavy atom. The fraction of sp³-hybridized carbons (Fsp3) is 0.818. The molecule has 1 fully saturated rings. The van der Waals surface area contributed by atoms with E-state index in [0.29, 0.717) is 16.7 Å². The summed E-state index contributed by atoms with van der Waals surface area (Å²) in [5, 5.41) is 8.84. The Bertz CT molecular complexity index is 378. The molecule has 0 spiro atoms. The molecule has 1 aromatic rings. The summed E-state index contributed by atoms with van der Waals surface area (Å²) in [4.78, 5) is 0. The van der Waals surface area contributed by atoms with Gasteiger partial charge in [0.25, 0.3) is 0 Å². The summed E-state index contributed by atoms with van der Waals surface area (Å²) >= 11 is 5.15. The monoisotopic (exact) mass is 289 g/mol. The highest BCUT2D eigenvalue weighted by atomic mass is 32.2. The van der Waals surface area contributed by atoms with E-state index in [4.69, 9.17) is 5.73 Å². The summed E-state index contributed by atoms with van der Waals surface area (Å²) < 4.78 is 2.10. The van der Waals surface area contributed by atoms with E-state index in [1.165, 1.54) is 12.8 Å². The molecule has 0 saturated heterocycles. The Kier molecular flexibility index (Phi) is 4.39. The first kappa shape index (κ1) is 13.6. The molecule has 2 rings (SSSR count). The van der Waals surface area contributed by atoms with Crippen LogP contribution in [-0.4, -0.2) is 27.7 Å². The first-order chi connectivity index (χ1) is 8.00. The molecule has 0 bridgehead atoms. The SMILES string of the molecule is CSc1nnc(SC2CC(C)(C)CCC2N)s1. The molecule has 0 radical (unpaired) electrons. The van der Waals surface area contributed by atoms with Crippen molar-refractivity contribution < 1.29 is 0 Å². The van der Waals surface area contributed by atoms with Crippen LogP contribution in [0.4, 0.5) is 0 Å². The number of aromatic nitrogens is 2. The lowest BCUT2D eigenvalue weighted by atomic mass is 9.75. The molecule has 3 nitrogen and oxygen atoms in total. The fourth-order valence-corrected chi connectivity index (χ4v) is 5.28. The van der Waals surface area contributed by atoms with Crippen LogP contribution in [0.25, 0.3) is 0 Å². The zero-order valence-corrected chi connectivity index (χ0v) is 12.9. The Labute approximate surface area is 115 Å². The number of thioether (sulfide) groups is 2. The number of hydrogen-bond acceptors (Lipinski definition) is 6. The average Bonchev–Trinajstić information content (AvgIpc) is 2.71. The van der Waals surface area contributed by atoms with Gasteiger partial charge in [0.2, 0.25) is 0 Å². The van der Waals surface area contributed by atoms with Crippen molar-refractivity contribution in [2.45, 2.75) is 53.1 Å². The van der Waals surface area contributed by atoms with E-state index < -0.39 is 0 Å². The predicted octanol–water partition coefficient (Wildman–Crippen LogP) is 3.26. The molecular weight excluding hydrogens is 270 g/mol. The van der Waals surface area contributed by atoms with Crippen LogP contribution in [0.3, 0.4) is 0 Å². The first-order valence-electron chi connectivity index (χ1n) is 5.80. The van der Waals surface area contributed by atoms with Crippen molar-refractivity contribution in [3.05, 3.63) is 0 Å². The molecule has 1 saturated carbocycles. The van der Waals surface area contributed by atoms with Gasteiger partial charge in [-0.3, -0.25) is 0 Å². The number of hydrogen-bond donors (Lipinski definition) is 1. The minimum Gasteiger partial charge on any atom is -0.327 e. The first-order valence-corrected chi connectivity index (χ1v) is 8.72. The number of nitrogens with two attached hydrogens (primary N) is 1. The van der Waals surface area contributed by atoms with Crippen LogP contribution in [-0.2, 0) is 0 Å². The molecule has 0 amide bonds. The van der Waals surface area contributed by atoms with Gasteiger partial charge in [-0.25, -0.2) is 0 Å². The van der Waals surface area contributed by atoms with Gasteiger partial charge in [0.1, 0.15) is 0 Å². The van der Waals surface area contributed by atoms with E-state index in [9.17, 15) is 0 Å². The van der Waals surface area contributed by atoms with Crippen LogP contribution in [0.5, 0.6) is 0 Å². The van der Waals surface area contributed by atoms with Gasteiger partial charge in [-0.2, -0.15) is 0 Å². The van der Waals surface area contributed by atoms with E-state index >= 15 is 0 Å². The maximum atomic E-state index is 6.22. The largest absolute Gasteiger partial charge is 0.327 e. The molecule has 2 atom stereocenters. The zero-order chi connectivity index (χ0) is 12.5. The molecule has 1 aliphatic carbocycles. The second kappa shape index (κ2) is 5.47. The van der Waals surface area contributed by atoms with Crippen molar-refractivity contribution in [2.75, 3.05) is 6.26 Å². The number of rotatable bonds is 3. The van der Waals surface area contributed by atoms with Gasteiger partial charge in [-0.1, -0.05) is 48.7 Å². The molecule has 96 valence electrons. The molecule has 0 aromatic carbocycles. The lowest BCUT2D eigenvalue weighted by Crippen LogP contribution is -2.41. The van der Waals surface area contributed by atoms with Crippen LogP contribution >= 0.6 is 34.9 Å². The maximum Gasteiger partial charge on any atom is 0.175 e. The third kappa shape index (κ3) is 3.59. The maximum absolute atomic E-state index is 6.22. The molecular formula is C11H19N3S3. The highest BCUT2D eigenvalue weighted by Crippen LogP contribution is 2.42. The zero-order valence-electron chi connectivity index (χ0n) is 10.5.